The largest absolute Gasteiger partial charge is 0.507 e. The van der Waals surface area contributed by atoms with Crippen molar-refractivity contribution in [2.24, 2.45) is 0 Å². The van der Waals surface area contributed by atoms with E-state index in [0.717, 1.165) is 41.5 Å². The predicted molar refractivity (Wildman–Crippen MR) is 140 cm³/mol. The second-order valence-corrected chi connectivity index (χ2v) is 8.92. The lowest BCUT2D eigenvalue weighted by Crippen LogP contribution is -2.19. The summed E-state index contributed by atoms with van der Waals surface area (Å²) < 4.78 is 12.8. The van der Waals surface area contributed by atoms with Crippen LogP contribution in [-0.2, 0) is 14.3 Å². The molecule has 0 saturated carbocycles. The summed E-state index contributed by atoms with van der Waals surface area (Å²) in [4.78, 5) is 16.8. The monoisotopic (exact) mass is 503 g/mol. The molecule has 1 unspecified atom stereocenters. The number of ether oxygens (including phenoxy) is 2. The van der Waals surface area contributed by atoms with Crippen LogP contribution in [0.1, 0.15) is 38.1 Å². The zero-order valence-electron chi connectivity index (χ0n) is 19.9. The Morgan fingerprint density at radius 3 is 2.69 bits per heavy atom. The van der Waals surface area contributed by atoms with Crippen LogP contribution < -0.4 is 0 Å². The summed E-state index contributed by atoms with van der Waals surface area (Å²) in [5.41, 5.74) is 4.95. The lowest BCUT2D eigenvalue weighted by atomic mass is 10.0. The highest BCUT2D eigenvalue weighted by Crippen LogP contribution is 2.35. The molecule has 36 heavy (non-hydrogen) atoms. The molecule has 2 aromatic carbocycles. The second-order valence-electron chi connectivity index (χ2n) is 8.52. The highest BCUT2D eigenvalue weighted by Gasteiger charge is 2.23. The molecule has 7 nitrogen and oxygen atoms in total. The van der Waals surface area contributed by atoms with Gasteiger partial charge in [-0.2, -0.15) is 5.10 Å². The van der Waals surface area contributed by atoms with E-state index >= 15 is 0 Å². The molecule has 8 heteroatoms. The Morgan fingerprint density at radius 1 is 1.19 bits per heavy atom. The minimum atomic E-state index is -0.442. The molecule has 1 N–H and O–H groups in total. The van der Waals surface area contributed by atoms with E-state index in [1.807, 2.05) is 47.1 Å². The maximum absolute atomic E-state index is 11.9. The predicted octanol–water partition coefficient (Wildman–Crippen LogP) is 6.40. The van der Waals surface area contributed by atoms with Gasteiger partial charge in [0.15, 0.2) is 6.23 Å². The van der Waals surface area contributed by atoms with E-state index in [1.165, 1.54) is 6.08 Å². The fraction of sp³-hybridized carbons (Fsp3) is 0.250. The number of aromatic nitrogens is 3. The third kappa shape index (κ3) is 4.85. The standard InChI is InChI=1S/C28H26ClN3O4/c1-2-35-26(34)15-14-22-28-23(32(31-22)25-9-5-6-16-36-25)17-21(29)27(30-28)19-12-10-18(11-13-19)20-7-3-4-8-24(20)33/h3-4,7-8,10-15,17,25,33H,2,5-6,9,16H2,1H3/b15-14+. The van der Waals surface area contributed by atoms with Gasteiger partial charge in [0.25, 0.3) is 0 Å². The van der Waals surface area contributed by atoms with Crippen molar-refractivity contribution in [2.45, 2.75) is 32.4 Å². The summed E-state index contributed by atoms with van der Waals surface area (Å²) >= 11 is 6.73. The highest BCUT2D eigenvalue weighted by atomic mass is 35.5. The molecule has 0 bridgehead atoms. The first-order valence-electron chi connectivity index (χ1n) is 12.0. The zero-order chi connectivity index (χ0) is 25.1. The van der Waals surface area contributed by atoms with Crippen LogP contribution >= 0.6 is 11.6 Å². The van der Waals surface area contributed by atoms with Gasteiger partial charge in [-0.25, -0.2) is 14.5 Å². The summed E-state index contributed by atoms with van der Waals surface area (Å²) in [5.74, 6) is -0.221. The lowest BCUT2D eigenvalue weighted by molar-refractivity contribution is -0.137. The van der Waals surface area contributed by atoms with Crippen molar-refractivity contribution < 1.29 is 19.4 Å². The zero-order valence-corrected chi connectivity index (χ0v) is 20.6. The van der Waals surface area contributed by atoms with Crippen LogP contribution in [0, 0.1) is 0 Å². The first-order chi connectivity index (χ1) is 17.5. The van der Waals surface area contributed by atoms with Gasteiger partial charge in [0.1, 0.15) is 17.0 Å². The number of hydrogen-bond donors (Lipinski definition) is 1. The molecule has 0 radical (unpaired) electrons. The molecule has 1 aliphatic rings. The molecule has 0 spiro atoms. The van der Waals surface area contributed by atoms with Crippen LogP contribution in [0.5, 0.6) is 5.75 Å². The van der Waals surface area contributed by atoms with Crippen LogP contribution in [0.4, 0.5) is 0 Å². The average molecular weight is 504 g/mol. The summed E-state index contributed by atoms with van der Waals surface area (Å²) in [6.45, 7) is 2.72. The maximum atomic E-state index is 11.9. The molecule has 1 saturated heterocycles. The maximum Gasteiger partial charge on any atom is 0.330 e. The van der Waals surface area contributed by atoms with Crippen LogP contribution in [-0.4, -0.2) is 39.1 Å². The van der Waals surface area contributed by atoms with E-state index in [2.05, 4.69) is 0 Å². The number of phenols is 1. The summed E-state index contributed by atoms with van der Waals surface area (Å²) in [6.07, 6.45) is 5.66. The number of benzene rings is 2. The van der Waals surface area contributed by atoms with Crippen LogP contribution in [0.2, 0.25) is 5.02 Å². The molecule has 2 aromatic heterocycles. The number of halogens is 1. The Hall–Kier alpha value is -3.68. The number of phenolic OH excluding ortho intramolecular Hbond substituents is 1. The normalized spacial score (nSPS) is 16.0. The number of rotatable bonds is 6. The molecule has 5 rings (SSSR count). The van der Waals surface area contributed by atoms with Crippen molar-refractivity contribution >= 4 is 34.7 Å². The van der Waals surface area contributed by atoms with Crippen molar-refractivity contribution in [3.8, 4) is 28.1 Å². The minimum Gasteiger partial charge on any atom is -0.507 e. The first-order valence-corrected chi connectivity index (χ1v) is 12.4. The molecule has 1 aliphatic heterocycles. The van der Waals surface area contributed by atoms with Gasteiger partial charge in [-0.1, -0.05) is 54.1 Å². The Kier molecular flexibility index (Phi) is 7.02. The fourth-order valence-electron chi connectivity index (χ4n) is 4.37. The molecule has 0 aliphatic carbocycles. The summed E-state index contributed by atoms with van der Waals surface area (Å²) in [5, 5.41) is 15.4. The van der Waals surface area contributed by atoms with Crippen LogP contribution in [0.15, 0.2) is 60.7 Å². The van der Waals surface area contributed by atoms with Crippen LogP contribution in [0.3, 0.4) is 0 Å². The number of pyridine rings is 1. The minimum absolute atomic E-state index is 0.215. The van der Waals surface area contributed by atoms with Crippen molar-refractivity contribution in [3.05, 3.63) is 71.4 Å². The summed E-state index contributed by atoms with van der Waals surface area (Å²) in [7, 11) is 0. The number of aromatic hydroxyl groups is 1. The van der Waals surface area contributed by atoms with Crippen LogP contribution in [0.25, 0.3) is 39.5 Å². The molecule has 3 heterocycles. The van der Waals surface area contributed by atoms with E-state index < -0.39 is 5.97 Å². The van der Waals surface area contributed by atoms with Gasteiger partial charge in [0, 0.05) is 23.8 Å². The number of nitrogens with zero attached hydrogens (tertiary/aromatic N) is 3. The number of carbonyl (C=O) groups is 1. The van der Waals surface area contributed by atoms with Crippen molar-refractivity contribution in [1.82, 2.24) is 14.8 Å². The van der Waals surface area contributed by atoms with E-state index in [-0.39, 0.29) is 12.0 Å². The van der Waals surface area contributed by atoms with Crippen molar-refractivity contribution in [1.29, 1.82) is 0 Å². The van der Waals surface area contributed by atoms with Gasteiger partial charge in [0.2, 0.25) is 0 Å². The molecule has 4 aromatic rings. The van der Waals surface area contributed by atoms with Crippen molar-refractivity contribution in [2.75, 3.05) is 13.2 Å². The van der Waals surface area contributed by atoms with Gasteiger partial charge >= 0.3 is 5.97 Å². The smallest absolute Gasteiger partial charge is 0.330 e. The van der Waals surface area contributed by atoms with Crippen molar-refractivity contribution in [3.63, 3.8) is 0 Å². The van der Waals surface area contributed by atoms with Gasteiger partial charge in [-0.15, -0.1) is 0 Å². The second kappa shape index (κ2) is 10.5. The topological polar surface area (TPSA) is 86.5 Å². The van der Waals surface area contributed by atoms with Gasteiger partial charge < -0.3 is 14.6 Å². The molecular weight excluding hydrogens is 478 g/mol. The Balaban J connectivity index is 1.57. The highest BCUT2D eigenvalue weighted by molar-refractivity contribution is 6.33. The van der Waals surface area contributed by atoms with E-state index in [9.17, 15) is 9.90 Å². The van der Waals surface area contributed by atoms with Gasteiger partial charge in [-0.05, 0) is 50.0 Å². The average Bonchev–Trinajstić information content (AvgIpc) is 3.25. The molecule has 1 fully saturated rings. The molecule has 0 amide bonds. The van der Waals surface area contributed by atoms with E-state index in [0.29, 0.717) is 35.1 Å². The Labute approximate surface area is 213 Å². The number of carbonyl (C=O) groups excluding carboxylic acids is 1. The SMILES string of the molecule is CCOC(=O)/C=C/c1nn(C2CCCCO2)c2cc(Cl)c(-c3ccc(-c4ccccc4O)cc3)nc12. The quantitative estimate of drug-likeness (QED) is 0.242. The summed E-state index contributed by atoms with van der Waals surface area (Å²) in [6, 6.07) is 16.7. The fourth-order valence-corrected chi connectivity index (χ4v) is 4.63. The number of fused-ring (bicyclic) bond motifs is 1. The number of hydrogen-bond acceptors (Lipinski definition) is 6. The Morgan fingerprint density at radius 2 is 1.97 bits per heavy atom. The lowest BCUT2D eigenvalue weighted by Gasteiger charge is -2.23. The number of para-hydroxylation sites is 1. The van der Waals surface area contributed by atoms with Gasteiger partial charge in [-0.3, -0.25) is 0 Å². The molecular formula is C28H26ClN3O4. The Bertz CT molecular complexity index is 1420. The third-order valence-electron chi connectivity index (χ3n) is 6.13. The number of esters is 1. The van der Waals surface area contributed by atoms with Gasteiger partial charge in [0.05, 0.1) is 22.8 Å². The van der Waals surface area contributed by atoms with E-state index in [1.54, 1.807) is 25.1 Å². The molecule has 1 atom stereocenters. The molecule has 184 valence electrons. The third-order valence-corrected chi connectivity index (χ3v) is 6.41. The first kappa shape index (κ1) is 24.0. The van der Waals surface area contributed by atoms with E-state index in [4.69, 9.17) is 31.2 Å².